The molecular weight excluding hydrogens is 318 g/mol. The molecule has 0 aliphatic carbocycles. The van der Waals surface area contributed by atoms with E-state index in [2.05, 4.69) is 5.10 Å². The maximum absolute atomic E-state index is 13.4. The lowest BCUT2D eigenvalue weighted by Gasteiger charge is -2.05. The second-order valence-corrected chi connectivity index (χ2v) is 5.48. The van der Waals surface area contributed by atoms with Crippen LogP contribution in [0.1, 0.15) is 26.2 Å². The van der Waals surface area contributed by atoms with Crippen molar-refractivity contribution in [1.82, 2.24) is 18.7 Å². The van der Waals surface area contributed by atoms with Crippen molar-refractivity contribution in [3.05, 3.63) is 63.1 Å². The monoisotopic (exact) mass is 334 g/mol. The van der Waals surface area contributed by atoms with E-state index < -0.39 is 22.9 Å². The molecule has 8 heteroatoms. The van der Waals surface area contributed by atoms with Crippen LogP contribution < -0.4 is 11.2 Å². The van der Waals surface area contributed by atoms with Crippen LogP contribution in [0, 0.1) is 11.6 Å². The highest BCUT2D eigenvalue weighted by atomic mass is 19.2. The largest absolute Gasteiger partial charge is 0.350 e. The number of aryl methyl sites for hydroxylation is 1. The summed E-state index contributed by atoms with van der Waals surface area (Å²) in [6, 6.07) is 3.15. The molecule has 0 N–H and O–H groups in total. The van der Waals surface area contributed by atoms with Crippen molar-refractivity contribution in [3.63, 3.8) is 0 Å². The number of hydrogen-bond donors (Lipinski definition) is 0. The lowest BCUT2D eigenvalue weighted by molar-refractivity contribution is 0.508. The van der Waals surface area contributed by atoms with E-state index in [4.69, 9.17) is 0 Å². The van der Waals surface area contributed by atoms with Gasteiger partial charge >= 0.3 is 11.2 Å². The molecule has 0 bridgehead atoms. The van der Waals surface area contributed by atoms with E-state index in [9.17, 15) is 18.4 Å². The first-order valence-corrected chi connectivity index (χ1v) is 7.69. The molecule has 0 saturated heterocycles. The molecule has 0 fully saturated rings. The number of rotatable bonds is 5. The smallest absolute Gasteiger partial charge is 0.279 e. The molecule has 1 aromatic carbocycles. The van der Waals surface area contributed by atoms with E-state index in [0.29, 0.717) is 6.54 Å². The van der Waals surface area contributed by atoms with E-state index in [1.807, 2.05) is 6.92 Å². The zero-order chi connectivity index (χ0) is 17.3. The molecule has 126 valence electrons. The lowest BCUT2D eigenvalue weighted by atomic mass is 10.2. The fourth-order valence-electron chi connectivity index (χ4n) is 2.50. The molecule has 3 aromatic rings. The second-order valence-electron chi connectivity index (χ2n) is 5.48. The summed E-state index contributed by atoms with van der Waals surface area (Å²) < 4.78 is 30.0. The first kappa shape index (κ1) is 16.1. The molecule has 2 aromatic heterocycles. The molecule has 0 unspecified atom stereocenters. The average Bonchev–Trinajstić information content (AvgIpc) is 2.89. The number of hydrogen-bond acceptors (Lipinski definition) is 3. The molecule has 24 heavy (non-hydrogen) atoms. The predicted octanol–water partition coefficient (Wildman–Crippen LogP) is 2.12. The Morgan fingerprint density at radius 2 is 1.88 bits per heavy atom. The van der Waals surface area contributed by atoms with Crippen molar-refractivity contribution in [2.75, 3.05) is 0 Å². The van der Waals surface area contributed by atoms with E-state index >= 15 is 0 Å². The van der Waals surface area contributed by atoms with Crippen molar-refractivity contribution in [2.45, 2.75) is 32.7 Å². The van der Waals surface area contributed by atoms with E-state index in [1.165, 1.54) is 23.1 Å². The van der Waals surface area contributed by atoms with E-state index in [1.54, 1.807) is 0 Å². The summed E-state index contributed by atoms with van der Waals surface area (Å²) in [5, 5.41) is 4.08. The van der Waals surface area contributed by atoms with Gasteiger partial charge in [0.1, 0.15) is 0 Å². The normalized spacial score (nSPS) is 11.3. The first-order valence-electron chi connectivity index (χ1n) is 7.69. The molecule has 0 atom stereocenters. The van der Waals surface area contributed by atoms with Crippen molar-refractivity contribution in [1.29, 1.82) is 0 Å². The van der Waals surface area contributed by atoms with Crippen LogP contribution in [-0.4, -0.2) is 18.7 Å². The van der Waals surface area contributed by atoms with Gasteiger partial charge in [-0.3, -0.25) is 9.36 Å². The fraction of sp³-hybridized carbons (Fsp3) is 0.312. The number of nitrogens with zero attached hydrogens (tertiary/aromatic N) is 4. The van der Waals surface area contributed by atoms with Gasteiger partial charge in [0.2, 0.25) is 5.65 Å². The van der Waals surface area contributed by atoms with Gasteiger partial charge in [-0.1, -0.05) is 19.8 Å². The molecule has 2 heterocycles. The zero-order valence-electron chi connectivity index (χ0n) is 13.1. The highest BCUT2D eigenvalue weighted by Crippen LogP contribution is 2.11. The van der Waals surface area contributed by atoms with Crippen molar-refractivity contribution in [3.8, 4) is 5.69 Å². The Balaban J connectivity index is 2.09. The average molecular weight is 334 g/mol. The van der Waals surface area contributed by atoms with Crippen molar-refractivity contribution >= 4 is 5.65 Å². The Morgan fingerprint density at radius 3 is 2.58 bits per heavy atom. The topological polar surface area (TPSA) is 61.3 Å². The molecule has 0 aliphatic rings. The van der Waals surface area contributed by atoms with Gasteiger partial charge in [-0.15, -0.1) is 5.10 Å². The van der Waals surface area contributed by atoms with Crippen LogP contribution in [0.5, 0.6) is 0 Å². The number of halogens is 2. The number of unbranched alkanes of at least 4 members (excludes halogenated alkanes) is 2. The second kappa shape index (κ2) is 6.38. The molecule has 6 nitrogen and oxygen atoms in total. The molecule has 0 radical (unpaired) electrons. The third-order valence-electron chi connectivity index (χ3n) is 3.80. The van der Waals surface area contributed by atoms with Crippen LogP contribution in [0.3, 0.4) is 0 Å². The Labute approximate surface area is 135 Å². The highest BCUT2D eigenvalue weighted by molar-refractivity contribution is 5.40. The minimum atomic E-state index is -1.05. The maximum Gasteiger partial charge on any atom is 0.350 e. The van der Waals surface area contributed by atoms with Gasteiger partial charge in [0.05, 0.1) is 5.69 Å². The van der Waals surface area contributed by atoms with Crippen LogP contribution in [0.2, 0.25) is 0 Å². The molecule has 3 rings (SSSR count). The maximum atomic E-state index is 13.4. The Kier molecular flexibility index (Phi) is 4.28. The van der Waals surface area contributed by atoms with Crippen LogP contribution >= 0.6 is 0 Å². The molecule has 0 amide bonds. The van der Waals surface area contributed by atoms with Crippen LogP contribution in [-0.2, 0) is 6.54 Å². The number of fused-ring (bicyclic) bond motifs is 1. The predicted molar refractivity (Wildman–Crippen MR) is 84.5 cm³/mol. The Hall–Kier alpha value is -2.77. The van der Waals surface area contributed by atoms with Crippen molar-refractivity contribution < 1.29 is 8.78 Å². The summed E-state index contributed by atoms with van der Waals surface area (Å²) in [7, 11) is 0. The quantitative estimate of drug-likeness (QED) is 0.672. The molecule has 0 aliphatic heterocycles. The van der Waals surface area contributed by atoms with Crippen LogP contribution in [0.15, 0.2) is 40.2 Å². The van der Waals surface area contributed by atoms with E-state index in [-0.39, 0.29) is 11.3 Å². The van der Waals surface area contributed by atoms with E-state index in [0.717, 1.165) is 40.4 Å². The Morgan fingerprint density at radius 1 is 1.08 bits per heavy atom. The van der Waals surface area contributed by atoms with Gasteiger partial charge < -0.3 is 0 Å². The zero-order valence-corrected chi connectivity index (χ0v) is 13.1. The van der Waals surface area contributed by atoms with Gasteiger partial charge in [0.15, 0.2) is 11.6 Å². The van der Waals surface area contributed by atoms with Gasteiger partial charge in [-0.2, -0.15) is 0 Å². The molecular formula is C16H16F2N4O2. The summed E-state index contributed by atoms with van der Waals surface area (Å²) in [5.41, 5.74) is -0.858. The summed E-state index contributed by atoms with van der Waals surface area (Å²) in [5.74, 6) is -2.05. The van der Waals surface area contributed by atoms with Crippen molar-refractivity contribution in [2.24, 2.45) is 0 Å². The summed E-state index contributed by atoms with van der Waals surface area (Å²) in [4.78, 5) is 24.8. The van der Waals surface area contributed by atoms with Gasteiger partial charge in [-0.05, 0) is 18.6 Å². The standard InChI is InChI=1S/C16H16F2N4O2/c1-2-3-4-7-22-16(24)21-9-8-20(15(23)14(21)19-22)11-5-6-12(17)13(18)10-11/h5-6,8-10H,2-4,7H2,1H3. The van der Waals surface area contributed by atoms with Crippen LogP contribution in [0.4, 0.5) is 8.78 Å². The summed E-state index contributed by atoms with van der Waals surface area (Å²) >= 11 is 0. The van der Waals surface area contributed by atoms with Gasteiger partial charge in [-0.25, -0.2) is 22.7 Å². The third-order valence-corrected chi connectivity index (χ3v) is 3.80. The first-order chi connectivity index (χ1) is 11.5. The van der Waals surface area contributed by atoms with Gasteiger partial charge in [0, 0.05) is 25.0 Å². The van der Waals surface area contributed by atoms with Gasteiger partial charge in [0.25, 0.3) is 0 Å². The summed E-state index contributed by atoms with van der Waals surface area (Å²) in [6.07, 6.45) is 5.48. The summed E-state index contributed by atoms with van der Waals surface area (Å²) in [6.45, 7) is 2.48. The van der Waals surface area contributed by atoms with Crippen LogP contribution in [0.25, 0.3) is 11.3 Å². The Bertz CT molecular complexity index is 1000. The number of benzene rings is 1. The fourth-order valence-corrected chi connectivity index (χ4v) is 2.50. The minimum absolute atomic E-state index is 0.0521. The molecule has 0 spiro atoms. The third kappa shape index (κ3) is 2.75. The molecule has 0 saturated carbocycles. The number of aromatic nitrogens is 4. The SMILES string of the molecule is CCCCCn1nc2c(=O)n(-c3ccc(F)c(F)c3)ccn2c1=O. The minimum Gasteiger partial charge on any atom is -0.279 e. The highest BCUT2D eigenvalue weighted by Gasteiger charge is 2.13. The lowest BCUT2D eigenvalue weighted by Crippen LogP contribution is -2.24.